The van der Waals surface area contributed by atoms with E-state index >= 15 is 0 Å². The third kappa shape index (κ3) is 4.48. The molecule has 1 aromatic heterocycles. The minimum atomic E-state index is -2.89. The molecule has 0 amide bonds. The zero-order valence-corrected chi connectivity index (χ0v) is 14.1. The van der Waals surface area contributed by atoms with Crippen LogP contribution in [0.2, 0.25) is 0 Å². The Morgan fingerprint density at radius 2 is 1.92 bits per heavy atom. The Balaban J connectivity index is 1.67. The summed E-state index contributed by atoms with van der Waals surface area (Å²) in [6.45, 7) is -2.89. The molecule has 2 aromatic carbocycles. The lowest BCUT2D eigenvalue weighted by Gasteiger charge is -2.10. The van der Waals surface area contributed by atoms with Crippen LogP contribution >= 0.6 is 11.8 Å². The van der Waals surface area contributed by atoms with Crippen LogP contribution in [0, 0.1) is 0 Å². The molecule has 0 bridgehead atoms. The molecule has 0 unspecified atom stereocenters. The van der Waals surface area contributed by atoms with Gasteiger partial charge >= 0.3 is 6.61 Å². The van der Waals surface area contributed by atoms with Gasteiger partial charge in [0.2, 0.25) is 5.16 Å². The van der Waals surface area contributed by atoms with Crippen LogP contribution in [0.5, 0.6) is 11.5 Å². The number of ether oxygens (including phenoxy) is 2. The van der Waals surface area contributed by atoms with Crippen LogP contribution in [0.4, 0.5) is 8.78 Å². The summed E-state index contributed by atoms with van der Waals surface area (Å²) >= 11 is 1.43. The number of aromatic amines is 1. The van der Waals surface area contributed by atoms with E-state index in [4.69, 9.17) is 4.74 Å². The van der Waals surface area contributed by atoms with Gasteiger partial charge in [-0.3, -0.25) is 5.10 Å². The summed E-state index contributed by atoms with van der Waals surface area (Å²) in [6, 6.07) is 14.5. The van der Waals surface area contributed by atoms with Gasteiger partial charge in [0.15, 0.2) is 17.3 Å². The number of rotatable bonds is 7. The number of hydrogen-bond acceptors (Lipinski definition) is 5. The molecule has 1 heterocycles. The number of methoxy groups -OCH3 is 1. The fourth-order valence-electron chi connectivity index (χ4n) is 2.18. The van der Waals surface area contributed by atoms with Crippen molar-refractivity contribution in [1.29, 1.82) is 0 Å². The highest BCUT2D eigenvalue weighted by Gasteiger charge is 2.12. The molecule has 1 N–H and O–H groups in total. The van der Waals surface area contributed by atoms with Crippen molar-refractivity contribution in [2.24, 2.45) is 0 Å². The Morgan fingerprint density at radius 3 is 2.64 bits per heavy atom. The molecule has 0 aliphatic rings. The SMILES string of the molecule is COc1cc(CSc2n[nH]c(-c3ccccc3)n2)ccc1OC(F)F. The Bertz CT molecular complexity index is 828. The van der Waals surface area contributed by atoms with Gasteiger partial charge in [0.1, 0.15) is 0 Å². The average molecular weight is 363 g/mol. The Hall–Kier alpha value is -2.61. The molecule has 5 nitrogen and oxygen atoms in total. The predicted octanol–water partition coefficient (Wildman–Crippen LogP) is 4.37. The summed E-state index contributed by atoms with van der Waals surface area (Å²) in [5.74, 6) is 1.53. The normalized spacial score (nSPS) is 10.9. The van der Waals surface area contributed by atoms with Crippen LogP contribution in [-0.2, 0) is 5.75 Å². The topological polar surface area (TPSA) is 60.0 Å². The number of thioether (sulfide) groups is 1. The fraction of sp³-hybridized carbons (Fsp3) is 0.176. The van der Waals surface area contributed by atoms with Gasteiger partial charge in [-0.25, -0.2) is 4.98 Å². The van der Waals surface area contributed by atoms with Crippen LogP contribution in [0.1, 0.15) is 5.56 Å². The molecule has 8 heteroatoms. The van der Waals surface area contributed by atoms with E-state index in [0.29, 0.717) is 16.7 Å². The first-order valence-corrected chi connectivity index (χ1v) is 8.36. The first kappa shape index (κ1) is 17.2. The van der Waals surface area contributed by atoms with E-state index in [9.17, 15) is 8.78 Å². The lowest BCUT2D eigenvalue weighted by molar-refractivity contribution is -0.0512. The van der Waals surface area contributed by atoms with Crippen LogP contribution in [-0.4, -0.2) is 28.9 Å². The molecular formula is C17H15F2N3O2S. The number of benzene rings is 2. The maximum absolute atomic E-state index is 12.3. The van der Waals surface area contributed by atoms with Gasteiger partial charge in [-0.15, -0.1) is 5.10 Å². The standard InChI is InChI=1S/C17H15F2N3O2S/c1-23-14-9-11(7-8-13(14)24-16(18)19)10-25-17-20-15(21-22-17)12-5-3-2-4-6-12/h2-9,16H,10H2,1H3,(H,20,21,22). The zero-order chi connectivity index (χ0) is 17.6. The number of halogens is 2. The van der Waals surface area contributed by atoms with Crippen LogP contribution in [0.15, 0.2) is 53.7 Å². The van der Waals surface area contributed by atoms with E-state index < -0.39 is 6.61 Å². The van der Waals surface area contributed by atoms with Crippen LogP contribution < -0.4 is 9.47 Å². The van der Waals surface area contributed by atoms with Gasteiger partial charge in [0, 0.05) is 11.3 Å². The molecule has 25 heavy (non-hydrogen) atoms. The summed E-state index contributed by atoms with van der Waals surface area (Å²) in [6.07, 6.45) is 0. The predicted molar refractivity (Wildman–Crippen MR) is 91.0 cm³/mol. The molecule has 0 radical (unpaired) electrons. The maximum Gasteiger partial charge on any atom is 0.387 e. The van der Waals surface area contributed by atoms with Crippen LogP contribution in [0.3, 0.4) is 0 Å². The number of H-pyrrole nitrogens is 1. The molecule has 0 atom stereocenters. The van der Waals surface area contributed by atoms with Crippen molar-refractivity contribution in [2.45, 2.75) is 17.5 Å². The van der Waals surface area contributed by atoms with Gasteiger partial charge in [0.25, 0.3) is 0 Å². The molecule has 3 rings (SSSR count). The van der Waals surface area contributed by atoms with Crippen LogP contribution in [0.25, 0.3) is 11.4 Å². The quantitative estimate of drug-likeness (QED) is 0.632. The van der Waals surface area contributed by atoms with Gasteiger partial charge < -0.3 is 9.47 Å². The number of nitrogens with zero attached hydrogens (tertiary/aromatic N) is 2. The van der Waals surface area contributed by atoms with Gasteiger partial charge in [0.05, 0.1) is 7.11 Å². The van der Waals surface area contributed by atoms with E-state index in [-0.39, 0.29) is 11.5 Å². The average Bonchev–Trinajstić information content (AvgIpc) is 3.10. The van der Waals surface area contributed by atoms with Gasteiger partial charge in [-0.05, 0) is 17.7 Å². The number of aromatic nitrogens is 3. The van der Waals surface area contributed by atoms with E-state index in [1.54, 1.807) is 12.1 Å². The first-order chi connectivity index (χ1) is 12.2. The third-order valence-electron chi connectivity index (χ3n) is 3.32. The van der Waals surface area contributed by atoms with Crippen molar-refractivity contribution in [3.05, 3.63) is 54.1 Å². The smallest absolute Gasteiger partial charge is 0.387 e. The number of hydrogen-bond donors (Lipinski definition) is 1. The van der Waals surface area contributed by atoms with Gasteiger partial charge in [-0.2, -0.15) is 8.78 Å². The molecule has 130 valence electrons. The molecular weight excluding hydrogens is 348 g/mol. The van der Waals surface area contributed by atoms with Crippen molar-refractivity contribution >= 4 is 11.8 Å². The Labute approximate surface area is 147 Å². The molecule has 0 aliphatic carbocycles. The highest BCUT2D eigenvalue weighted by Crippen LogP contribution is 2.31. The largest absolute Gasteiger partial charge is 0.493 e. The van der Waals surface area contributed by atoms with Crippen molar-refractivity contribution in [3.8, 4) is 22.9 Å². The highest BCUT2D eigenvalue weighted by molar-refractivity contribution is 7.98. The monoisotopic (exact) mass is 363 g/mol. The van der Waals surface area contributed by atoms with Crippen molar-refractivity contribution in [3.63, 3.8) is 0 Å². The van der Waals surface area contributed by atoms with Gasteiger partial charge in [-0.1, -0.05) is 48.2 Å². The Morgan fingerprint density at radius 1 is 1.12 bits per heavy atom. The highest BCUT2D eigenvalue weighted by atomic mass is 32.2. The summed E-state index contributed by atoms with van der Waals surface area (Å²) < 4.78 is 34.2. The maximum atomic E-state index is 12.3. The number of nitrogens with one attached hydrogen (secondary N) is 1. The molecule has 0 saturated carbocycles. The first-order valence-electron chi connectivity index (χ1n) is 7.38. The summed E-state index contributed by atoms with van der Waals surface area (Å²) in [5.41, 5.74) is 1.84. The lowest BCUT2D eigenvalue weighted by atomic mass is 10.2. The second-order valence-corrected chi connectivity index (χ2v) is 5.93. The van der Waals surface area contributed by atoms with E-state index in [0.717, 1.165) is 11.1 Å². The molecule has 0 aliphatic heterocycles. The zero-order valence-electron chi connectivity index (χ0n) is 13.3. The van der Waals surface area contributed by atoms with Crippen molar-refractivity contribution in [2.75, 3.05) is 7.11 Å². The Kier molecular flexibility index (Phi) is 5.49. The fourth-order valence-corrected chi connectivity index (χ4v) is 2.92. The van der Waals surface area contributed by atoms with Crippen molar-refractivity contribution < 1.29 is 18.3 Å². The lowest BCUT2D eigenvalue weighted by Crippen LogP contribution is -2.03. The van der Waals surface area contributed by atoms with Crippen molar-refractivity contribution in [1.82, 2.24) is 15.2 Å². The molecule has 0 saturated heterocycles. The van der Waals surface area contributed by atoms with E-state index in [1.165, 1.54) is 24.9 Å². The second kappa shape index (κ2) is 7.98. The summed E-state index contributed by atoms with van der Waals surface area (Å²) in [4.78, 5) is 4.44. The second-order valence-electron chi connectivity index (χ2n) is 4.99. The molecule has 0 spiro atoms. The summed E-state index contributed by atoms with van der Waals surface area (Å²) in [7, 11) is 1.41. The third-order valence-corrected chi connectivity index (χ3v) is 4.24. The minimum absolute atomic E-state index is 0.00973. The molecule has 3 aromatic rings. The molecule has 0 fully saturated rings. The minimum Gasteiger partial charge on any atom is -0.493 e. The van der Waals surface area contributed by atoms with E-state index in [1.807, 2.05) is 30.3 Å². The summed E-state index contributed by atoms with van der Waals surface area (Å²) in [5, 5.41) is 7.68. The number of alkyl halides is 2. The van der Waals surface area contributed by atoms with E-state index in [2.05, 4.69) is 19.9 Å².